The Morgan fingerprint density at radius 1 is 0.804 bits per heavy atom. The van der Waals surface area contributed by atoms with Gasteiger partial charge >= 0.3 is 0 Å². The molecule has 0 bridgehead atoms. The number of carbonyl (C=O) groups excluding carboxylic acids is 2. The second kappa shape index (κ2) is 16.0. The van der Waals surface area contributed by atoms with Crippen molar-refractivity contribution in [2.24, 2.45) is 0 Å². The molecule has 0 unspecified atom stereocenters. The van der Waals surface area contributed by atoms with Gasteiger partial charge in [-0.15, -0.1) is 0 Å². The molecule has 0 radical (unpaired) electrons. The molecule has 4 rings (SSSR count). The lowest BCUT2D eigenvalue weighted by Gasteiger charge is -2.34. The van der Waals surface area contributed by atoms with Crippen LogP contribution < -0.4 is 9.62 Å². The van der Waals surface area contributed by atoms with Crippen molar-refractivity contribution in [1.29, 1.82) is 0 Å². The minimum Gasteiger partial charge on any atom is -0.352 e. The molecule has 2 atom stereocenters. The van der Waals surface area contributed by atoms with Crippen molar-refractivity contribution in [2.75, 3.05) is 10.8 Å². The van der Waals surface area contributed by atoms with E-state index in [0.29, 0.717) is 27.1 Å². The summed E-state index contributed by atoms with van der Waals surface area (Å²) in [7, 11) is -4.31. The Bertz CT molecular complexity index is 1770. The third kappa shape index (κ3) is 9.17. The Kier molecular flexibility index (Phi) is 12.4. The summed E-state index contributed by atoms with van der Waals surface area (Å²) in [6.45, 7) is 3.08. The van der Waals surface area contributed by atoms with Gasteiger partial charge in [-0.2, -0.15) is 0 Å². The van der Waals surface area contributed by atoms with E-state index in [1.54, 1.807) is 36.4 Å². The lowest BCUT2D eigenvalue weighted by molar-refractivity contribution is -0.140. The van der Waals surface area contributed by atoms with Gasteiger partial charge in [0.05, 0.1) is 10.6 Å². The van der Waals surface area contributed by atoms with Crippen LogP contribution in [0.2, 0.25) is 20.1 Å². The number of nitrogens with zero attached hydrogens (tertiary/aromatic N) is 2. The van der Waals surface area contributed by atoms with Crippen molar-refractivity contribution in [3.05, 3.63) is 128 Å². The van der Waals surface area contributed by atoms with Crippen molar-refractivity contribution >= 4 is 73.9 Å². The van der Waals surface area contributed by atoms with Crippen LogP contribution in [0.5, 0.6) is 0 Å². The molecule has 0 aliphatic carbocycles. The Morgan fingerprint density at radius 2 is 1.46 bits per heavy atom. The highest BCUT2D eigenvalue weighted by Crippen LogP contribution is 2.29. The van der Waals surface area contributed by atoms with Gasteiger partial charge in [0, 0.05) is 39.1 Å². The molecule has 7 nitrogen and oxygen atoms in total. The molecule has 0 heterocycles. The van der Waals surface area contributed by atoms with Crippen LogP contribution in [0.1, 0.15) is 31.4 Å². The summed E-state index contributed by atoms with van der Waals surface area (Å²) in [6.07, 6.45) is 0.837. The van der Waals surface area contributed by atoms with E-state index in [-0.39, 0.29) is 40.5 Å². The minimum atomic E-state index is -4.31. The number of benzene rings is 4. The summed E-state index contributed by atoms with van der Waals surface area (Å²) in [5.74, 6) is -1.02. The van der Waals surface area contributed by atoms with Gasteiger partial charge in [0.2, 0.25) is 11.8 Å². The van der Waals surface area contributed by atoms with Crippen LogP contribution in [0.25, 0.3) is 0 Å². The number of hydrogen-bond donors (Lipinski definition) is 1. The first-order chi connectivity index (χ1) is 21.9. The maximum atomic E-state index is 14.5. The van der Waals surface area contributed by atoms with Crippen molar-refractivity contribution in [3.63, 3.8) is 0 Å². The summed E-state index contributed by atoms with van der Waals surface area (Å²) in [6, 6.07) is 24.8. The molecule has 46 heavy (non-hydrogen) atoms. The second-order valence-electron chi connectivity index (χ2n) is 10.7. The zero-order chi connectivity index (χ0) is 33.4. The fourth-order valence-electron chi connectivity index (χ4n) is 4.72. The molecule has 12 heteroatoms. The summed E-state index contributed by atoms with van der Waals surface area (Å²) in [5, 5.41) is 4.34. The minimum absolute atomic E-state index is 0.0766. The van der Waals surface area contributed by atoms with E-state index in [0.717, 1.165) is 9.87 Å². The molecule has 2 amide bonds. The van der Waals surface area contributed by atoms with Crippen molar-refractivity contribution in [2.45, 2.75) is 50.2 Å². The highest BCUT2D eigenvalue weighted by atomic mass is 35.5. The normalized spacial score (nSPS) is 12.7. The van der Waals surface area contributed by atoms with Crippen LogP contribution in [0, 0.1) is 0 Å². The van der Waals surface area contributed by atoms with Gasteiger partial charge < -0.3 is 10.2 Å². The Labute approximate surface area is 290 Å². The fraction of sp³-hybridized carbons (Fsp3) is 0.235. The highest BCUT2D eigenvalue weighted by Gasteiger charge is 2.35. The van der Waals surface area contributed by atoms with E-state index in [4.69, 9.17) is 46.4 Å². The molecule has 1 N–H and O–H groups in total. The summed E-state index contributed by atoms with van der Waals surface area (Å²) in [5.41, 5.74) is 1.51. The fourth-order valence-corrected chi connectivity index (χ4v) is 6.91. The predicted molar refractivity (Wildman–Crippen MR) is 186 cm³/mol. The first-order valence-electron chi connectivity index (χ1n) is 14.5. The van der Waals surface area contributed by atoms with Crippen molar-refractivity contribution in [3.8, 4) is 0 Å². The lowest BCUT2D eigenvalue weighted by Crippen LogP contribution is -2.54. The summed E-state index contributed by atoms with van der Waals surface area (Å²) >= 11 is 25.0. The van der Waals surface area contributed by atoms with E-state index in [1.807, 2.05) is 44.2 Å². The van der Waals surface area contributed by atoms with Gasteiger partial charge in [-0.25, -0.2) is 8.42 Å². The van der Waals surface area contributed by atoms with Gasteiger partial charge in [0.15, 0.2) is 0 Å². The number of hydrogen-bond acceptors (Lipinski definition) is 4. The summed E-state index contributed by atoms with van der Waals surface area (Å²) < 4.78 is 29.2. The number of nitrogens with one attached hydrogen (secondary N) is 1. The first kappa shape index (κ1) is 35.6. The second-order valence-corrected chi connectivity index (χ2v) is 14.3. The number of amides is 2. The van der Waals surface area contributed by atoms with Gasteiger partial charge in [-0.3, -0.25) is 13.9 Å². The number of sulfonamides is 1. The zero-order valence-corrected chi connectivity index (χ0v) is 29.0. The molecule has 4 aromatic rings. The number of anilines is 1. The van der Waals surface area contributed by atoms with Crippen LogP contribution in [0.15, 0.2) is 102 Å². The molecular formula is C34H33Cl4N3O4S. The molecule has 4 aromatic carbocycles. The average Bonchev–Trinajstić information content (AvgIpc) is 3.02. The van der Waals surface area contributed by atoms with Crippen LogP contribution in [-0.4, -0.2) is 43.8 Å². The molecule has 0 aliphatic heterocycles. The number of rotatable bonds is 13. The Morgan fingerprint density at radius 3 is 2.09 bits per heavy atom. The van der Waals surface area contributed by atoms with Gasteiger partial charge in [-0.1, -0.05) is 95.8 Å². The molecule has 0 aliphatic rings. The lowest BCUT2D eigenvalue weighted by atomic mass is 10.0. The molecule has 0 spiro atoms. The number of carbonyl (C=O) groups is 2. The van der Waals surface area contributed by atoms with Crippen LogP contribution in [0.3, 0.4) is 0 Å². The van der Waals surface area contributed by atoms with Crippen molar-refractivity contribution in [1.82, 2.24) is 10.2 Å². The molecule has 0 saturated heterocycles. The van der Waals surface area contributed by atoms with Crippen molar-refractivity contribution < 1.29 is 18.0 Å². The van der Waals surface area contributed by atoms with Crippen LogP contribution in [0.4, 0.5) is 5.69 Å². The molecular weight excluding hydrogens is 688 g/mol. The van der Waals surface area contributed by atoms with Gasteiger partial charge in [-0.05, 0) is 79.1 Å². The van der Waals surface area contributed by atoms with Crippen LogP contribution >= 0.6 is 46.4 Å². The third-order valence-corrected chi connectivity index (χ3v) is 10.3. The maximum Gasteiger partial charge on any atom is 0.264 e. The largest absolute Gasteiger partial charge is 0.352 e. The van der Waals surface area contributed by atoms with Gasteiger partial charge in [0.25, 0.3) is 10.0 Å². The summed E-state index contributed by atoms with van der Waals surface area (Å²) in [4.78, 5) is 29.7. The van der Waals surface area contributed by atoms with E-state index in [9.17, 15) is 18.0 Å². The SMILES string of the molecule is CC[C@H](C)NC(=O)[C@@H](Cc1ccccc1)N(Cc1ccc(Cl)cc1Cl)C(=O)CN(c1cccc(Cl)c1)S(=O)(=O)c1ccc(Cl)cc1. The standard InChI is InChI=1S/C34H33Cl4N3O4S/c1-3-23(2)39-34(43)32(18-24-8-5-4-6-9-24)40(21-25-12-13-28(37)20-31(25)38)33(42)22-41(29-11-7-10-27(36)19-29)46(44,45)30-16-14-26(35)15-17-30/h4-17,19-20,23,32H,3,18,21-22H2,1-2H3,(H,39,43)/t23-,32+/m0/s1. The third-order valence-electron chi connectivity index (χ3n) is 7.40. The van der Waals surface area contributed by atoms with E-state index in [1.165, 1.54) is 35.2 Å². The monoisotopic (exact) mass is 719 g/mol. The Hall–Kier alpha value is -3.27. The smallest absolute Gasteiger partial charge is 0.264 e. The van der Waals surface area contributed by atoms with Gasteiger partial charge in [0.1, 0.15) is 12.6 Å². The van der Waals surface area contributed by atoms with E-state index >= 15 is 0 Å². The zero-order valence-electron chi connectivity index (χ0n) is 25.2. The maximum absolute atomic E-state index is 14.5. The molecule has 0 aromatic heterocycles. The van der Waals surface area contributed by atoms with E-state index in [2.05, 4.69) is 5.32 Å². The van der Waals surface area contributed by atoms with E-state index < -0.39 is 28.5 Å². The molecule has 242 valence electrons. The molecule has 0 saturated carbocycles. The first-order valence-corrected chi connectivity index (χ1v) is 17.5. The highest BCUT2D eigenvalue weighted by molar-refractivity contribution is 7.92. The number of halogens is 4. The molecule has 0 fully saturated rings. The predicted octanol–water partition coefficient (Wildman–Crippen LogP) is 8.05. The Balaban J connectivity index is 1.83. The quantitative estimate of drug-likeness (QED) is 0.152. The topological polar surface area (TPSA) is 86.8 Å². The average molecular weight is 722 g/mol. The van der Waals surface area contributed by atoms with Crippen LogP contribution in [-0.2, 0) is 32.6 Å².